The second-order valence-corrected chi connectivity index (χ2v) is 6.52. The highest BCUT2D eigenvalue weighted by atomic mass is 16.2. The number of anilines is 1. The summed E-state index contributed by atoms with van der Waals surface area (Å²) in [5, 5.41) is 12.1. The molecule has 1 saturated carbocycles. The number of amides is 1. The van der Waals surface area contributed by atoms with Crippen molar-refractivity contribution in [1.29, 1.82) is 0 Å². The molecular weight excluding hydrogens is 290 g/mol. The number of fused-ring (bicyclic) bond motifs is 1. The van der Waals surface area contributed by atoms with E-state index in [2.05, 4.69) is 20.5 Å². The topological polar surface area (TPSA) is 73.9 Å². The van der Waals surface area contributed by atoms with Gasteiger partial charge in [0.05, 0.1) is 16.6 Å². The minimum atomic E-state index is 0.117. The Labute approximate surface area is 136 Å². The Morgan fingerprint density at radius 1 is 1.35 bits per heavy atom. The average molecular weight is 315 g/mol. The van der Waals surface area contributed by atoms with E-state index >= 15 is 0 Å². The molecule has 0 unspecified atom stereocenters. The summed E-state index contributed by atoms with van der Waals surface area (Å²) in [6.07, 6.45) is 9.19. The van der Waals surface area contributed by atoms with E-state index in [4.69, 9.17) is 0 Å². The highest BCUT2D eigenvalue weighted by molar-refractivity contribution is 5.92. The van der Waals surface area contributed by atoms with Crippen LogP contribution in [0.5, 0.6) is 0 Å². The molecule has 0 aliphatic heterocycles. The quantitative estimate of drug-likeness (QED) is 0.889. The van der Waals surface area contributed by atoms with Gasteiger partial charge in [-0.05, 0) is 18.9 Å². The van der Waals surface area contributed by atoms with E-state index in [-0.39, 0.29) is 5.91 Å². The van der Waals surface area contributed by atoms with Crippen molar-refractivity contribution in [3.8, 4) is 0 Å². The summed E-state index contributed by atoms with van der Waals surface area (Å²) < 4.78 is 0. The van der Waals surface area contributed by atoms with Crippen molar-refractivity contribution in [2.75, 3.05) is 19.4 Å². The van der Waals surface area contributed by atoms with Gasteiger partial charge in [0.15, 0.2) is 0 Å². The van der Waals surface area contributed by atoms with Crippen LogP contribution in [-0.2, 0) is 11.2 Å². The van der Waals surface area contributed by atoms with E-state index < -0.39 is 0 Å². The lowest BCUT2D eigenvalue weighted by atomic mass is 9.95. The van der Waals surface area contributed by atoms with Crippen LogP contribution in [0.4, 0.5) is 5.82 Å². The SMILES string of the molecule is CN(C)C(=O)CCc1n[nH]c2ccnc(NC3CCCCC3)c12. The van der Waals surface area contributed by atoms with E-state index in [0.717, 1.165) is 22.4 Å². The third kappa shape index (κ3) is 3.63. The Balaban J connectivity index is 1.80. The molecule has 0 spiro atoms. The smallest absolute Gasteiger partial charge is 0.222 e. The molecule has 0 atom stereocenters. The summed E-state index contributed by atoms with van der Waals surface area (Å²) in [6, 6.07) is 2.43. The van der Waals surface area contributed by atoms with E-state index in [9.17, 15) is 4.79 Å². The number of hydrogen-bond acceptors (Lipinski definition) is 4. The highest BCUT2D eigenvalue weighted by Crippen LogP contribution is 2.27. The second kappa shape index (κ2) is 6.98. The van der Waals surface area contributed by atoms with Gasteiger partial charge < -0.3 is 10.2 Å². The van der Waals surface area contributed by atoms with Crippen molar-refractivity contribution in [2.24, 2.45) is 0 Å². The Morgan fingerprint density at radius 2 is 2.13 bits per heavy atom. The molecule has 2 heterocycles. The number of aromatic nitrogens is 3. The molecule has 1 amide bonds. The monoisotopic (exact) mass is 315 g/mol. The van der Waals surface area contributed by atoms with Gasteiger partial charge in [-0.1, -0.05) is 19.3 Å². The van der Waals surface area contributed by atoms with Crippen molar-refractivity contribution < 1.29 is 4.79 Å². The van der Waals surface area contributed by atoms with Gasteiger partial charge in [0.25, 0.3) is 0 Å². The van der Waals surface area contributed by atoms with Crippen LogP contribution in [0.15, 0.2) is 12.3 Å². The van der Waals surface area contributed by atoms with Crippen molar-refractivity contribution >= 4 is 22.6 Å². The van der Waals surface area contributed by atoms with E-state index in [0.29, 0.717) is 18.9 Å². The standard InChI is InChI=1S/C17H25N5O/c1-22(2)15(23)9-8-13-16-14(21-20-13)10-11-18-17(16)19-12-6-4-3-5-7-12/h10-12H,3-9H2,1-2H3,(H,18,19)(H,20,21). The normalized spacial score (nSPS) is 15.7. The van der Waals surface area contributed by atoms with Crippen molar-refractivity contribution in [3.63, 3.8) is 0 Å². The van der Waals surface area contributed by atoms with Gasteiger partial charge in [-0.3, -0.25) is 9.89 Å². The minimum Gasteiger partial charge on any atom is -0.367 e. The lowest BCUT2D eigenvalue weighted by Gasteiger charge is -2.23. The van der Waals surface area contributed by atoms with E-state index in [1.807, 2.05) is 6.07 Å². The average Bonchev–Trinajstić information content (AvgIpc) is 2.98. The van der Waals surface area contributed by atoms with Crippen molar-refractivity contribution in [3.05, 3.63) is 18.0 Å². The Hall–Kier alpha value is -2.11. The molecule has 2 N–H and O–H groups in total. The summed E-state index contributed by atoms with van der Waals surface area (Å²) in [7, 11) is 3.56. The zero-order chi connectivity index (χ0) is 16.2. The fourth-order valence-corrected chi connectivity index (χ4v) is 3.21. The predicted molar refractivity (Wildman–Crippen MR) is 91.4 cm³/mol. The van der Waals surface area contributed by atoms with Crippen LogP contribution < -0.4 is 5.32 Å². The molecule has 1 aliphatic carbocycles. The fourth-order valence-electron chi connectivity index (χ4n) is 3.21. The van der Waals surface area contributed by atoms with Crippen LogP contribution in [0.1, 0.15) is 44.2 Å². The number of carbonyl (C=O) groups is 1. The molecule has 6 nitrogen and oxygen atoms in total. The largest absolute Gasteiger partial charge is 0.367 e. The maximum Gasteiger partial charge on any atom is 0.222 e. The summed E-state index contributed by atoms with van der Waals surface area (Å²) in [6.45, 7) is 0. The molecule has 2 aromatic heterocycles. The van der Waals surface area contributed by atoms with Crippen molar-refractivity contribution in [2.45, 2.75) is 51.0 Å². The number of nitrogens with one attached hydrogen (secondary N) is 2. The second-order valence-electron chi connectivity index (χ2n) is 6.52. The highest BCUT2D eigenvalue weighted by Gasteiger charge is 2.18. The fraction of sp³-hybridized carbons (Fsp3) is 0.588. The van der Waals surface area contributed by atoms with E-state index in [1.165, 1.54) is 32.1 Å². The summed E-state index contributed by atoms with van der Waals surface area (Å²) >= 11 is 0. The first-order valence-corrected chi connectivity index (χ1v) is 8.44. The number of aromatic amines is 1. The summed E-state index contributed by atoms with van der Waals surface area (Å²) in [4.78, 5) is 18.0. The number of hydrogen-bond donors (Lipinski definition) is 2. The van der Waals surface area contributed by atoms with Gasteiger partial charge in [-0.15, -0.1) is 0 Å². The molecular formula is C17H25N5O. The summed E-state index contributed by atoms with van der Waals surface area (Å²) in [5.41, 5.74) is 1.90. The molecule has 124 valence electrons. The summed E-state index contributed by atoms with van der Waals surface area (Å²) in [5.74, 6) is 1.02. The zero-order valence-corrected chi connectivity index (χ0v) is 13.9. The minimum absolute atomic E-state index is 0.117. The Morgan fingerprint density at radius 3 is 2.87 bits per heavy atom. The predicted octanol–water partition coefficient (Wildman–Crippen LogP) is 2.72. The van der Waals surface area contributed by atoms with Gasteiger partial charge in [-0.25, -0.2) is 4.98 Å². The van der Waals surface area contributed by atoms with Crippen LogP contribution in [0, 0.1) is 0 Å². The third-order valence-electron chi connectivity index (χ3n) is 4.57. The number of nitrogens with zero attached hydrogens (tertiary/aromatic N) is 3. The van der Waals surface area contributed by atoms with Crippen LogP contribution in [0.3, 0.4) is 0 Å². The van der Waals surface area contributed by atoms with Crippen LogP contribution in [-0.4, -0.2) is 46.1 Å². The van der Waals surface area contributed by atoms with Gasteiger partial charge in [-0.2, -0.15) is 5.10 Å². The molecule has 1 fully saturated rings. The molecule has 0 radical (unpaired) electrons. The molecule has 23 heavy (non-hydrogen) atoms. The lowest BCUT2D eigenvalue weighted by Crippen LogP contribution is -2.23. The molecule has 0 aromatic carbocycles. The Bertz CT molecular complexity index is 673. The maximum absolute atomic E-state index is 11.8. The van der Waals surface area contributed by atoms with Crippen LogP contribution in [0.25, 0.3) is 10.9 Å². The van der Waals surface area contributed by atoms with Crippen LogP contribution >= 0.6 is 0 Å². The number of aryl methyl sites for hydroxylation is 1. The first-order chi connectivity index (χ1) is 11.1. The maximum atomic E-state index is 11.8. The third-order valence-corrected chi connectivity index (χ3v) is 4.57. The first-order valence-electron chi connectivity index (χ1n) is 8.44. The van der Waals surface area contributed by atoms with Gasteiger partial charge >= 0.3 is 0 Å². The van der Waals surface area contributed by atoms with Gasteiger partial charge in [0.2, 0.25) is 5.91 Å². The zero-order valence-electron chi connectivity index (χ0n) is 13.9. The molecule has 3 rings (SSSR count). The number of pyridine rings is 1. The van der Waals surface area contributed by atoms with Gasteiger partial charge in [0, 0.05) is 39.2 Å². The Kier molecular flexibility index (Phi) is 4.79. The number of H-pyrrole nitrogens is 1. The number of rotatable bonds is 5. The molecule has 1 aliphatic rings. The molecule has 2 aromatic rings. The number of carbonyl (C=O) groups excluding carboxylic acids is 1. The van der Waals surface area contributed by atoms with Gasteiger partial charge in [0.1, 0.15) is 5.82 Å². The molecule has 0 bridgehead atoms. The molecule has 6 heteroatoms. The van der Waals surface area contributed by atoms with Crippen LogP contribution in [0.2, 0.25) is 0 Å². The van der Waals surface area contributed by atoms with Crippen molar-refractivity contribution in [1.82, 2.24) is 20.1 Å². The lowest BCUT2D eigenvalue weighted by molar-refractivity contribution is -0.128. The molecule has 0 saturated heterocycles. The first kappa shape index (κ1) is 15.8. The van der Waals surface area contributed by atoms with E-state index in [1.54, 1.807) is 25.2 Å².